The molecule has 1 aliphatic rings. The second-order valence-corrected chi connectivity index (χ2v) is 7.15. The van der Waals surface area contributed by atoms with Crippen LogP contribution in [0.5, 0.6) is 5.75 Å². The molecule has 2 aromatic rings. The zero-order valence-corrected chi connectivity index (χ0v) is 17.2. The summed E-state index contributed by atoms with van der Waals surface area (Å²) in [7, 11) is 3.60. The Kier molecular flexibility index (Phi) is 6.98. The fraction of sp³-hybridized carbons (Fsp3) is 0.474. The normalized spacial score (nSPS) is 14.2. The maximum atomic E-state index is 12.5. The highest BCUT2D eigenvalue weighted by molar-refractivity contribution is 5.90. The van der Waals surface area contributed by atoms with Crippen molar-refractivity contribution in [3.63, 3.8) is 0 Å². The van der Waals surface area contributed by atoms with Gasteiger partial charge in [-0.15, -0.1) is 13.2 Å². The predicted molar refractivity (Wildman–Crippen MR) is 109 cm³/mol. The average molecular weight is 439 g/mol. The largest absolute Gasteiger partial charge is 0.573 e. The number of benzene rings is 1. The highest BCUT2D eigenvalue weighted by Crippen LogP contribution is 2.29. The van der Waals surface area contributed by atoms with Crippen LogP contribution in [-0.4, -0.2) is 54.5 Å². The van der Waals surface area contributed by atoms with Crippen molar-refractivity contribution < 1.29 is 22.7 Å². The van der Waals surface area contributed by atoms with Gasteiger partial charge in [0.2, 0.25) is 11.9 Å². The molecule has 1 aromatic heterocycles. The van der Waals surface area contributed by atoms with E-state index in [0.717, 1.165) is 38.4 Å². The van der Waals surface area contributed by atoms with Crippen molar-refractivity contribution in [3.8, 4) is 5.75 Å². The van der Waals surface area contributed by atoms with Crippen molar-refractivity contribution in [2.24, 2.45) is 0 Å². The Bertz CT molecular complexity index is 902. The number of hydrogen-bond donors (Lipinski definition) is 2. The monoisotopic (exact) mass is 439 g/mol. The minimum Gasteiger partial charge on any atom is -0.404 e. The van der Waals surface area contributed by atoms with E-state index in [2.05, 4.69) is 35.2 Å². The second kappa shape index (κ2) is 9.67. The van der Waals surface area contributed by atoms with Crippen LogP contribution in [0.2, 0.25) is 0 Å². The Morgan fingerprint density at radius 1 is 1.13 bits per heavy atom. The Balaban J connectivity index is 1.68. The summed E-state index contributed by atoms with van der Waals surface area (Å²) in [6.45, 7) is 1.67. The highest BCUT2D eigenvalue weighted by atomic mass is 19.4. The van der Waals surface area contributed by atoms with Crippen LogP contribution >= 0.6 is 0 Å². The minimum atomic E-state index is -4.87. The minimum absolute atomic E-state index is 0.0294. The number of halogens is 3. The van der Waals surface area contributed by atoms with Crippen LogP contribution in [0, 0.1) is 0 Å². The van der Waals surface area contributed by atoms with E-state index in [1.807, 2.05) is 0 Å². The van der Waals surface area contributed by atoms with Crippen LogP contribution in [0.25, 0.3) is 0 Å². The number of rotatable bonds is 6. The quantitative estimate of drug-likeness (QED) is 0.714. The third kappa shape index (κ3) is 6.59. The molecule has 168 valence electrons. The van der Waals surface area contributed by atoms with Crippen LogP contribution in [0.3, 0.4) is 0 Å². The molecule has 0 unspecified atom stereocenters. The maximum absolute atomic E-state index is 12.5. The topological polar surface area (TPSA) is 95.5 Å². The van der Waals surface area contributed by atoms with Crippen molar-refractivity contribution in [1.29, 1.82) is 0 Å². The zero-order chi connectivity index (χ0) is 22.4. The molecule has 9 nitrogen and oxygen atoms in total. The van der Waals surface area contributed by atoms with E-state index in [4.69, 9.17) is 0 Å². The van der Waals surface area contributed by atoms with E-state index in [0.29, 0.717) is 17.7 Å². The fourth-order valence-electron chi connectivity index (χ4n) is 3.02. The SMILES string of the molecule is CN(C)c1nc(CNC(=O)Nc2ccccc2OC(F)(F)F)nc(N2CCCCC2)n1. The molecule has 0 aliphatic carbocycles. The smallest absolute Gasteiger partial charge is 0.404 e. The number of nitrogens with zero attached hydrogens (tertiary/aromatic N) is 5. The number of piperidine rings is 1. The lowest BCUT2D eigenvalue weighted by atomic mass is 10.1. The van der Waals surface area contributed by atoms with Gasteiger partial charge in [0.05, 0.1) is 12.2 Å². The molecule has 0 radical (unpaired) electrons. The molecule has 0 saturated carbocycles. The molecule has 0 bridgehead atoms. The first kappa shape index (κ1) is 22.4. The first-order valence-corrected chi connectivity index (χ1v) is 9.78. The molecular formula is C19H24F3N7O2. The van der Waals surface area contributed by atoms with Crippen molar-refractivity contribution >= 4 is 23.6 Å². The molecule has 0 spiro atoms. The van der Waals surface area contributed by atoms with Crippen molar-refractivity contribution in [3.05, 3.63) is 30.1 Å². The van der Waals surface area contributed by atoms with Crippen LogP contribution < -0.4 is 25.2 Å². The number of carbonyl (C=O) groups excluding carboxylic acids is 1. The third-order valence-electron chi connectivity index (χ3n) is 4.47. The van der Waals surface area contributed by atoms with Crippen LogP contribution in [0.4, 0.5) is 35.5 Å². The highest BCUT2D eigenvalue weighted by Gasteiger charge is 2.32. The average Bonchev–Trinajstić information content (AvgIpc) is 2.73. The summed E-state index contributed by atoms with van der Waals surface area (Å²) in [4.78, 5) is 29.3. The Hall–Kier alpha value is -3.31. The third-order valence-corrected chi connectivity index (χ3v) is 4.47. The Labute approximate surface area is 177 Å². The molecule has 3 rings (SSSR count). The molecule has 12 heteroatoms. The lowest BCUT2D eigenvalue weighted by Gasteiger charge is -2.27. The molecule has 1 aliphatic heterocycles. The first-order valence-electron chi connectivity index (χ1n) is 9.78. The van der Waals surface area contributed by atoms with E-state index in [1.165, 1.54) is 18.2 Å². The summed E-state index contributed by atoms with van der Waals surface area (Å²) < 4.78 is 41.6. The van der Waals surface area contributed by atoms with E-state index in [9.17, 15) is 18.0 Å². The van der Waals surface area contributed by atoms with Gasteiger partial charge in [0.15, 0.2) is 11.6 Å². The van der Waals surface area contributed by atoms with Gasteiger partial charge in [0.1, 0.15) is 0 Å². The fourth-order valence-corrected chi connectivity index (χ4v) is 3.02. The maximum Gasteiger partial charge on any atom is 0.573 e. The van der Waals surface area contributed by atoms with Crippen molar-refractivity contribution in [2.75, 3.05) is 42.3 Å². The number of ether oxygens (including phenoxy) is 1. The molecule has 2 N–H and O–H groups in total. The number of urea groups is 1. The van der Waals surface area contributed by atoms with Gasteiger partial charge in [-0.2, -0.15) is 15.0 Å². The van der Waals surface area contributed by atoms with E-state index < -0.39 is 18.1 Å². The number of carbonyl (C=O) groups is 1. The van der Waals surface area contributed by atoms with Gasteiger partial charge in [-0.25, -0.2) is 4.79 Å². The van der Waals surface area contributed by atoms with Gasteiger partial charge in [-0.1, -0.05) is 12.1 Å². The van der Waals surface area contributed by atoms with Crippen LogP contribution in [0.15, 0.2) is 24.3 Å². The van der Waals surface area contributed by atoms with Crippen molar-refractivity contribution in [1.82, 2.24) is 20.3 Å². The van der Waals surface area contributed by atoms with Crippen LogP contribution in [0.1, 0.15) is 25.1 Å². The van der Waals surface area contributed by atoms with Gasteiger partial charge in [0, 0.05) is 27.2 Å². The lowest BCUT2D eigenvalue weighted by molar-refractivity contribution is -0.274. The van der Waals surface area contributed by atoms with Gasteiger partial charge in [-0.05, 0) is 31.4 Å². The van der Waals surface area contributed by atoms with Gasteiger partial charge in [-0.3, -0.25) is 0 Å². The molecule has 0 atom stereocenters. The summed E-state index contributed by atoms with van der Waals surface area (Å²) in [5, 5.41) is 4.91. The lowest BCUT2D eigenvalue weighted by Crippen LogP contribution is -2.33. The molecule has 2 heterocycles. The van der Waals surface area contributed by atoms with E-state index >= 15 is 0 Å². The number of amides is 2. The number of aromatic nitrogens is 3. The molecule has 1 aromatic carbocycles. The number of para-hydroxylation sites is 2. The van der Waals surface area contributed by atoms with Gasteiger partial charge >= 0.3 is 12.4 Å². The summed E-state index contributed by atoms with van der Waals surface area (Å²) in [6, 6.07) is 4.56. The molecule has 31 heavy (non-hydrogen) atoms. The number of anilines is 3. The molecule has 2 amide bonds. The number of nitrogens with one attached hydrogen (secondary N) is 2. The van der Waals surface area contributed by atoms with E-state index in [1.54, 1.807) is 19.0 Å². The Morgan fingerprint density at radius 2 is 1.84 bits per heavy atom. The van der Waals surface area contributed by atoms with E-state index in [-0.39, 0.29) is 12.2 Å². The number of hydrogen-bond acceptors (Lipinski definition) is 7. The summed E-state index contributed by atoms with van der Waals surface area (Å²) >= 11 is 0. The molecular weight excluding hydrogens is 415 g/mol. The summed E-state index contributed by atoms with van der Waals surface area (Å²) in [5.74, 6) is 0.832. The molecule has 1 saturated heterocycles. The zero-order valence-electron chi connectivity index (χ0n) is 17.2. The standard InChI is InChI=1S/C19H24F3N7O2/c1-28(2)16-25-15(26-17(27-16)29-10-6-3-7-11-29)12-23-18(30)24-13-8-4-5-9-14(13)31-19(20,21)22/h4-5,8-9H,3,6-7,10-12H2,1-2H3,(H2,23,24,30). The second-order valence-electron chi connectivity index (χ2n) is 7.15. The molecule has 1 fully saturated rings. The predicted octanol–water partition coefficient (Wildman–Crippen LogP) is 3.15. The first-order chi connectivity index (χ1) is 14.7. The van der Waals surface area contributed by atoms with Crippen LogP contribution in [-0.2, 0) is 6.54 Å². The van der Waals surface area contributed by atoms with Gasteiger partial charge < -0.3 is 25.2 Å². The summed E-state index contributed by atoms with van der Waals surface area (Å²) in [5.41, 5.74) is -0.115. The van der Waals surface area contributed by atoms with Gasteiger partial charge in [0.25, 0.3) is 0 Å². The van der Waals surface area contributed by atoms with Crippen molar-refractivity contribution in [2.45, 2.75) is 32.2 Å². The number of alkyl halides is 3. The Morgan fingerprint density at radius 3 is 2.52 bits per heavy atom. The summed E-state index contributed by atoms with van der Waals surface area (Å²) in [6.07, 6.45) is -1.60.